The van der Waals surface area contributed by atoms with Crippen LogP contribution in [0.4, 0.5) is 5.69 Å². The SMILES string of the molecule is CCc1ccc(OCC(=O)NCc2cccc(NC(=O)CCN3CCOCC3)c2)cc1. The molecule has 7 heteroatoms. The molecule has 0 atom stereocenters. The van der Waals surface area contributed by atoms with Crippen molar-refractivity contribution in [2.75, 3.05) is 44.8 Å². The maximum Gasteiger partial charge on any atom is 0.258 e. The molecule has 0 aromatic heterocycles. The zero-order valence-electron chi connectivity index (χ0n) is 18.1. The van der Waals surface area contributed by atoms with Crippen molar-refractivity contribution in [2.45, 2.75) is 26.3 Å². The van der Waals surface area contributed by atoms with E-state index in [4.69, 9.17) is 9.47 Å². The molecule has 0 bridgehead atoms. The highest BCUT2D eigenvalue weighted by Gasteiger charge is 2.12. The molecule has 1 heterocycles. The van der Waals surface area contributed by atoms with E-state index in [9.17, 15) is 9.59 Å². The predicted octanol–water partition coefficient (Wildman–Crippen LogP) is 2.61. The summed E-state index contributed by atoms with van der Waals surface area (Å²) in [6.07, 6.45) is 1.41. The van der Waals surface area contributed by atoms with Gasteiger partial charge in [-0.2, -0.15) is 0 Å². The molecule has 1 saturated heterocycles. The summed E-state index contributed by atoms with van der Waals surface area (Å²) in [4.78, 5) is 26.6. The molecule has 7 nitrogen and oxygen atoms in total. The third-order valence-corrected chi connectivity index (χ3v) is 5.16. The van der Waals surface area contributed by atoms with Gasteiger partial charge in [-0.25, -0.2) is 0 Å². The van der Waals surface area contributed by atoms with Gasteiger partial charge in [-0.15, -0.1) is 0 Å². The van der Waals surface area contributed by atoms with Crippen LogP contribution in [0.3, 0.4) is 0 Å². The van der Waals surface area contributed by atoms with Crippen LogP contribution in [-0.2, 0) is 27.3 Å². The Labute approximate surface area is 183 Å². The van der Waals surface area contributed by atoms with Crippen molar-refractivity contribution in [3.63, 3.8) is 0 Å². The summed E-state index contributed by atoms with van der Waals surface area (Å²) in [7, 11) is 0. The minimum atomic E-state index is -0.195. The summed E-state index contributed by atoms with van der Waals surface area (Å²) >= 11 is 0. The Morgan fingerprint density at radius 3 is 2.55 bits per heavy atom. The van der Waals surface area contributed by atoms with E-state index in [0.717, 1.165) is 50.5 Å². The number of nitrogens with zero attached hydrogens (tertiary/aromatic N) is 1. The minimum Gasteiger partial charge on any atom is -0.484 e. The van der Waals surface area contributed by atoms with Crippen molar-refractivity contribution < 1.29 is 19.1 Å². The first-order chi connectivity index (χ1) is 15.1. The van der Waals surface area contributed by atoms with Crippen molar-refractivity contribution >= 4 is 17.5 Å². The summed E-state index contributed by atoms with van der Waals surface area (Å²) in [5.41, 5.74) is 2.86. The molecule has 1 fully saturated rings. The van der Waals surface area contributed by atoms with Crippen molar-refractivity contribution in [1.82, 2.24) is 10.2 Å². The molecule has 0 radical (unpaired) electrons. The number of benzene rings is 2. The first-order valence-corrected chi connectivity index (χ1v) is 10.8. The van der Waals surface area contributed by atoms with Gasteiger partial charge in [0.05, 0.1) is 13.2 Å². The first-order valence-electron chi connectivity index (χ1n) is 10.8. The maximum atomic E-state index is 12.2. The summed E-state index contributed by atoms with van der Waals surface area (Å²) < 4.78 is 10.8. The van der Waals surface area contributed by atoms with Gasteiger partial charge in [0.25, 0.3) is 5.91 Å². The van der Waals surface area contributed by atoms with Crippen LogP contribution in [0.5, 0.6) is 5.75 Å². The smallest absolute Gasteiger partial charge is 0.258 e. The van der Waals surface area contributed by atoms with Crippen molar-refractivity contribution in [3.05, 3.63) is 59.7 Å². The molecular weight excluding hydrogens is 394 g/mol. The molecule has 1 aliphatic heterocycles. The van der Waals surface area contributed by atoms with Gasteiger partial charge in [-0.05, 0) is 41.8 Å². The molecule has 3 rings (SSSR count). The number of anilines is 1. The van der Waals surface area contributed by atoms with Crippen LogP contribution in [-0.4, -0.2) is 56.2 Å². The number of morpholine rings is 1. The van der Waals surface area contributed by atoms with Crippen LogP contribution in [0, 0.1) is 0 Å². The molecule has 0 unspecified atom stereocenters. The number of hydrogen-bond donors (Lipinski definition) is 2. The van der Waals surface area contributed by atoms with Crippen LogP contribution < -0.4 is 15.4 Å². The highest BCUT2D eigenvalue weighted by atomic mass is 16.5. The lowest BCUT2D eigenvalue weighted by Crippen LogP contribution is -2.38. The van der Waals surface area contributed by atoms with Gasteiger partial charge in [0.2, 0.25) is 5.91 Å². The van der Waals surface area contributed by atoms with Gasteiger partial charge in [0.15, 0.2) is 6.61 Å². The number of ether oxygens (including phenoxy) is 2. The van der Waals surface area contributed by atoms with Crippen LogP contribution >= 0.6 is 0 Å². The summed E-state index contributed by atoms with van der Waals surface area (Å²) in [5, 5.41) is 5.78. The van der Waals surface area contributed by atoms with Crippen molar-refractivity contribution in [3.8, 4) is 5.75 Å². The first kappa shape index (κ1) is 22.8. The highest BCUT2D eigenvalue weighted by Crippen LogP contribution is 2.13. The Morgan fingerprint density at radius 2 is 1.81 bits per heavy atom. The molecule has 2 N–H and O–H groups in total. The third kappa shape index (κ3) is 8.03. The summed E-state index contributed by atoms with van der Waals surface area (Å²) in [6, 6.07) is 15.2. The van der Waals surface area contributed by atoms with E-state index in [2.05, 4.69) is 22.5 Å². The van der Waals surface area contributed by atoms with Gasteiger partial charge >= 0.3 is 0 Å². The molecule has 0 spiro atoms. The number of aryl methyl sites for hydroxylation is 1. The standard InChI is InChI=1S/C24H31N3O4/c1-2-19-6-8-22(9-7-19)31-18-24(29)25-17-20-4-3-5-21(16-20)26-23(28)10-11-27-12-14-30-15-13-27/h3-9,16H,2,10-15,17-18H2,1H3,(H,25,29)(H,26,28). The molecule has 0 aliphatic carbocycles. The average molecular weight is 426 g/mol. The lowest BCUT2D eigenvalue weighted by Gasteiger charge is -2.26. The zero-order valence-corrected chi connectivity index (χ0v) is 18.1. The van der Waals surface area contributed by atoms with Gasteiger partial charge in [-0.1, -0.05) is 31.2 Å². The third-order valence-electron chi connectivity index (χ3n) is 5.16. The van der Waals surface area contributed by atoms with E-state index in [1.165, 1.54) is 5.56 Å². The van der Waals surface area contributed by atoms with Crippen LogP contribution in [0.15, 0.2) is 48.5 Å². The Bertz CT molecular complexity index is 848. The second kappa shape index (κ2) is 12.1. The van der Waals surface area contributed by atoms with E-state index in [1.54, 1.807) is 0 Å². The second-order valence-corrected chi connectivity index (χ2v) is 7.52. The van der Waals surface area contributed by atoms with E-state index >= 15 is 0 Å². The Hall–Kier alpha value is -2.90. The van der Waals surface area contributed by atoms with Gasteiger partial charge in [0.1, 0.15) is 5.75 Å². The molecule has 166 valence electrons. The lowest BCUT2D eigenvalue weighted by atomic mass is 10.2. The van der Waals surface area contributed by atoms with Crippen LogP contribution in [0.1, 0.15) is 24.5 Å². The number of hydrogen-bond acceptors (Lipinski definition) is 5. The topological polar surface area (TPSA) is 79.9 Å². The Kier molecular flexibility index (Phi) is 8.87. The average Bonchev–Trinajstić information content (AvgIpc) is 2.81. The van der Waals surface area contributed by atoms with Gasteiger partial charge in [0, 0.05) is 38.3 Å². The van der Waals surface area contributed by atoms with Gasteiger partial charge in [-0.3, -0.25) is 14.5 Å². The number of carbonyl (C=O) groups excluding carboxylic acids is 2. The number of nitrogens with one attached hydrogen (secondary N) is 2. The monoisotopic (exact) mass is 425 g/mol. The number of carbonyl (C=O) groups is 2. The Balaban J connectivity index is 1.38. The van der Waals surface area contributed by atoms with Crippen molar-refractivity contribution in [1.29, 1.82) is 0 Å². The molecular formula is C24H31N3O4. The molecule has 0 saturated carbocycles. The fourth-order valence-electron chi connectivity index (χ4n) is 3.29. The quantitative estimate of drug-likeness (QED) is 0.612. The fourth-order valence-corrected chi connectivity index (χ4v) is 3.29. The highest BCUT2D eigenvalue weighted by molar-refractivity contribution is 5.90. The van der Waals surface area contributed by atoms with Crippen molar-refractivity contribution in [2.24, 2.45) is 0 Å². The second-order valence-electron chi connectivity index (χ2n) is 7.52. The van der Waals surface area contributed by atoms with Crippen LogP contribution in [0.25, 0.3) is 0 Å². The van der Waals surface area contributed by atoms with E-state index in [1.807, 2.05) is 48.5 Å². The maximum absolute atomic E-state index is 12.2. The molecule has 2 aromatic rings. The predicted molar refractivity (Wildman–Crippen MR) is 120 cm³/mol. The summed E-state index contributed by atoms with van der Waals surface area (Å²) in [6.45, 7) is 6.35. The van der Waals surface area contributed by atoms with E-state index in [-0.39, 0.29) is 18.4 Å². The van der Waals surface area contributed by atoms with Gasteiger partial charge < -0.3 is 20.1 Å². The molecule has 1 aliphatic rings. The summed E-state index contributed by atoms with van der Waals surface area (Å²) in [5.74, 6) is 0.462. The minimum absolute atomic E-state index is 0.0184. The van der Waals surface area contributed by atoms with Crippen LogP contribution in [0.2, 0.25) is 0 Å². The Morgan fingerprint density at radius 1 is 1.03 bits per heavy atom. The largest absolute Gasteiger partial charge is 0.484 e. The lowest BCUT2D eigenvalue weighted by molar-refractivity contribution is -0.123. The molecule has 31 heavy (non-hydrogen) atoms. The number of rotatable bonds is 10. The zero-order chi connectivity index (χ0) is 21.9. The normalized spacial score (nSPS) is 14.1. The number of amides is 2. The molecule has 2 aromatic carbocycles. The van der Waals surface area contributed by atoms with E-state index in [0.29, 0.717) is 18.7 Å². The molecule has 2 amide bonds. The van der Waals surface area contributed by atoms with E-state index < -0.39 is 0 Å². The fraction of sp³-hybridized carbons (Fsp3) is 0.417.